The summed E-state index contributed by atoms with van der Waals surface area (Å²) >= 11 is 5.66. The highest BCUT2D eigenvalue weighted by Gasteiger charge is 2.24. The molecule has 2 nitrogen and oxygen atoms in total. The molecule has 0 amide bonds. The molecule has 0 aliphatic carbocycles. The fourth-order valence-electron chi connectivity index (χ4n) is 1.64. The van der Waals surface area contributed by atoms with E-state index in [9.17, 15) is 9.18 Å². The molecule has 0 radical (unpaired) electrons. The third-order valence-corrected chi connectivity index (χ3v) is 2.87. The van der Waals surface area contributed by atoms with Gasteiger partial charge in [0.15, 0.2) is 0 Å². The van der Waals surface area contributed by atoms with Crippen molar-refractivity contribution in [2.24, 2.45) is 5.92 Å². The lowest BCUT2D eigenvalue weighted by Gasteiger charge is -2.23. The molecule has 15 heavy (non-hydrogen) atoms. The number of ether oxygens (including phenoxy) is 1. The molecule has 80 valence electrons. The maximum Gasteiger partial charge on any atom is 0.145 e. The summed E-state index contributed by atoms with van der Waals surface area (Å²) < 4.78 is 18.4. The average Bonchev–Trinajstić information content (AvgIpc) is 2.19. The molecule has 0 fully saturated rings. The molecule has 1 heterocycles. The molecular formula is C11H10ClFO2. The standard InChI is InChI=1S/C11H10ClFO2/c1-6(14)8-2-7-3-9(12)10(13)4-11(7)15-5-8/h3-4,8H,2,5H2,1H3. The van der Waals surface area contributed by atoms with Gasteiger partial charge >= 0.3 is 0 Å². The minimum Gasteiger partial charge on any atom is -0.492 e. The number of hydrogen-bond acceptors (Lipinski definition) is 2. The van der Waals surface area contributed by atoms with Gasteiger partial charge in [0.1, 0.15) is 17.3 Å². The SMILES string of the molecule is CC(=O)C1COc2cc(F)c(Cl)cc2C1. The van der Waals surface area contributed by atoms with E-state index in [0.29, 0.717) is 18.8 Å². The van der Waals surface area contributed by atoms with Crippen LogP contribution in [0, 0.1) is 11.7 Å². The van der Waals surface area contributed by atoms with E-state index in [4.69, 9.17) is 16.3 Å². The van der Waals surface area contributed by atoms with Crippen LogP contribution in [-0.2, 0) is 11.2 Å². The van der Waals surface area contributed by atoms with Crippen LogP contribution in [0.5, 0.6) is 5.75 Å². The monoisotopic (exact) mass is 228 g/mol. The summed E-state index contributed by atoms with van der Waals surface area (Å²) in [5.74, 6) is -0.0498. The van der Waals surface area contributed by atoms with Gasteiger partial charge in [-0.1, -0.05) is 11.6 Å². The van der Waals surface area contributed by atoms with Crippen molar-refractivity contribution in [3.8, 4) is 5.75 Å². The zero-order valence-electron chi connectivity index (χ0n) is 8.22. The molecule has 2 rings (SSSR count). The van der Waals surface area contributed by atoms with Gasteiger partial charge < -0.3 is 4.74 Å². The number of benzene rings is 1. The molecule has 1 aromatic carbocycles. The quantitative estimate of drug-likeness (QED) is 0.739. The van der Waals surface area contributed by atoms with Gasteiger partial charge in [0.2, 0.25) is 0 Å². The molecule has 0 spiro atoms. The Bertz CT molecular complexity index is 417. The minimum atomic E-state index is -0.489. The average molecular weight is 229 g/mol. The van der Waals surface area contributed by atoms with Crippen molar-refractivity contribution in [1.29, 1.82) is 0 Å². The first kappa shape index (κ1) is 10.4. The molecule has 1 atom stereocenters. The van der Waals surface area contributed by atoms with Gasteiger partial charge in [0.25, 0.3) is 0 Å². The van der Waals surface area contributed by atoms with Crippen LogP contribution in [0.4, 0.5) is 4.39 Å². The number of rotatable bonds is 1. The largest absolute Gasteiger partial charge is 0.492 e. The van der Waals surface area contributed by atoms with Crippen LogP contribution in [0.1, 0.15) is 12.5 Å². The Morgan fingerprint density at radius 3 is 3.00 bits per heavy atom. The second-order valence-electron chi connectivity index (χ2n) is 3.70. The summed E-state index contributed by atoms with van der Waals surface area (Å²) in [6, 6.07) is 2.80. The van der Waals surface area contributed by atoms with Gasteiger partial charge in [0, 0.05) is 6.07 Å². The Kier molecular flexibility index (Phi) is 2.65. The second kappa shape index (κ2) is 3.81. The fourth-order valence-corrected chi connectivity index (χ4v) is 1.83. The number of Topliss-reactive ketones (excluding diaryl/α,β-unsaturated/α-hetero) is 1. The highest BCUT2D eigenvalue weighted by molar-refractivity contribution is 6.30. The molecule has 0 saturated heterocycles. The van der Waals surface area contributed by atoms with Gasteiger partial charge in [-0.15, -0.1) is 0 Å². The molecule has 1 aliphatic heterocycles. The Balaban J connectivity index is 2.34. The van der Waals surface area contributed by atoms with Crippen LogP contribution in [0.2, 0.25) is 5.02 Å². The molecule has 0 N–H and O–H groups in total. The van der Waals surface area contributed by atoms with Crippen molar-refractivity contribution in [2.45, 2.75) is 13.3 Å². The molecule has 1 aliphatic rings. The van der Waals surface area contributed by atoms with Crippen molar-refractivity contribution in [3.63, 3.8) is 0 Å². The van der Waals surface area contributed by atoms with Crippen molar-refractivity contribution < 1.29 is 13.9 Å². The first-order valence-corrected chi connectivity index (χ1v) is 5.07. The van der Waals surface area contributed by atoms with Crippen molar-refractivity contribution >= 4 is 17.4 Å². The number of carbonyl (C=O) groups excluding carboxylic acids is 1. The number of halogens is 2. The molecule has 4 heteroatoms. The summed E-state index contributed by atoms with van der Waals surface area (Å²) in [4.78, 5) is 11.2. The van der Waals surface area contributed by atoms with Gasteiger partial charge in [-0.25, -0.2) is 4.39 Å². The fraction of sp³-hybridized carbons (Fsp3) is 0.364. The number of fused-ring (bicyclic) bond motifs is 1. The zero-order valence-corrected chi connectivity index (χ0v) is 8.97. The molecule has 1 aromatic rings. The predicted molar refractivity (Wildman–Crippen MR) is 54.8 cm³/mol. The van der Waals surface area contributed by atoms with E-state index < -0.39 is 5.82 Å². The molecule has 0 aromatic heterocycles. The molecule has 0 saturated carbocycles. The van der Waals surface area contributed by atoms with Crippen molar-refractivity contribution in [3.05, 3.63) is 28.5 Å². The molecule has 1 unspecified atom stereocenters. The summed E-state index contributed by atoms with van der Waals surface area (Å²) in [6.07, 6.45) is 0.574. The van der Waals surface area contributed by atoms with Gasteiger partial charge in [-0.05, 0) is 25.0 Å². The Labute approximate surface area is 92.0 Å². The molecular weight excluding hydrogens is 219 g/mol. The highest BCUT2D eigenvalue weighted by Crippen LogP contribution is 2.31. The van der Waals surface area contributed by atoms with E-state index in [1.807, 2.05) is 0 Å². The van der Waals surface area contributed by atoms with E-state index in [1.165, 1.54) is 19.1 Å². The number of carbonyl (C=O) groups is 1. The van der Waals surface area contributed by atoms with Crippen LogP contribution in [0.15, 0.2) is 12.1 Å². The number of hydrogen-bond donors (Lipinski definition) is 0. The Hall–Kier alpha value is -1.09. The minimum absolute atomic E-state index is 0.0709. The maximum atomic E-state index is 13.1. The lowest BCUT2D eigenvalue weighted by atomic mass is 9.94. The van der Waals surface area contributed by atoms with Crippen LogP contribution in [-0.4, -0.2) is 12.4 Å². The van der Waals surface area contributed by atoms with Crippen molar-refractivity contribution in [2.75, 3.05) is 6.61 Å². The molecule has 0 bridgehead atoms. The van der Waals surface area contributed by atoms with Gasteiger partial charge in [0.05, 0.1) is 17.5 Å². The summed E-state index contributed by atoms with van der Waals surface area (Å²) in [7, 11) is 0. The van der Waals surface area contributed by atoms with E-state index in [-0.39, 0.29) is 16.7 Å². The normalized spacial score (nSPS) is 19.3. The van der Waals surface area contributed by atoms with E-state index >= 15 is 0 Å². The topological polar surface area (TPSA) is 26.3 Å². The van der Waals surface area contributed by atoms with Crippen LogP contribution >= 0.6 is 11.6 Å². The Morgan fingerprint density at radius 1 is 1.60 bits per heavy atom. The maximum absolute atomic E-state index is 13.1. The third kappa shape index (κ3) is 1.97. The zero-order chi connectivity index (χ0) is 11.0. The predicted octanol–water partition coefficient (Wildman–Crippen LogP) is 2.62. The summed E-state index contributed by atoms with van der Waals surface area (Å²) in [5.41, 5.74) is 0.799. The van der Waals surface area contributed by atoms with E-state index in [0.717, 1.165) is 5.56 Å². The first-order valence-electron chi connectivity index (χ1n) is 4.69. The van der Waals surface area contributed by atoms with Crippen LogP contribution in [0.3, 0.4) is 0 Å². The van der Waals surface area contributed by atoms with E-state index in [2.05, 4.69) is 0 Å². The lowest BCUT2D eigenvalue weighted by Crippen LogP contribution is -2.26. The first-order chi connectivity index (χ1) is 7.08. The lowest BCUT2D eigenvalue weighted by molar-refractivity contribution is -0.121. The number of ketones is 1. The van der Waals surface area contributed by atoms with Crippen LogP contribution in [0.25, 0.3) is 0 Å². The second-order valence-corrected chi connectivity index (χ2v) is 4.10. The smallest absolute Gasteiger partial charge is 0.145 e. The van der Waals surface area contributed by atoms with Gasteiger partial charge in [-0.2, -0.15) is 0 Å². The summed E-state index contributed by atoms with van der Waals surface area (Å²) in [6.45, 7) is 1.85. The summed E-state index contributed by atoms with van der Waals surface area (Å²) in [5, 5.41) is 0.0709. The van der Waals surface area contributed by atoms with E-state index in [1.54, 1.807) is 0 Å². The highest BCUT2D eigenvalue weighted by atomic mass is 35.5. The van der Waals surface area contributed by atoms with Crippen molar-refractivity contribution in [1.82, 2.24) is 0 Å². The van der Waals surface area contributed by atoms with Crippen LogP contribution < -0.4 is 4.74 Å². The third-order valence-electron chi connectivity index (χ3n) is 2.58. The van der Waals surface area contributed by atoms with Gasteiger partial charge in [-0.3, -0.25) is 4.79 Å². The Morgan fingerprint density at radius 2 is 2.33 bits per heavy atom.